The van der Waals surface area contributed by atoms with Crippen molar-refractivity contribution < 1.29 is 9.18 Å². The van der Waals surface area contributed by atoms with E-state index in [1.807, 2.05) is 0 Å². The van der Waals surface area contributed by atoms with E-state index in [-0.39, 0.29) is 5.91 Å². The minimum Gasteiger partial charge on any atom is -0.393 e. The molecule has 104 valence electrons. The molecule has 0 heterocycles. The molecule has 0 aromatic heterocycles. The summed E-state index contributed by atoms with van der Waals surface area (Å²) >= 11 is 4.83. The Kier molecular flexibility index (Phi) is 6.42. The number of amides is 1. The first kappa shape index (κ1) is 15.6. The molecule has 0 aliphatic heterocycles. The number of halogens is 1. The molecule has 0 saturated carbocycles. The van der Waals surface area contributed by atoms with Crippen molar-refractivity contribution >= 4 is 23.1 Å². The summed E-state index contributed by atoms with van der Waals surface area (Å²) in [5.41, 5.74) is 5.83. The molecular formula is C14H19FN2OS. The molecule has 0 aliphatic carbocycles. The Morgan fingerprint density at radius 2 is 2.16 bits per heavy atom. The molecule has 0 unspecified atom stereocenters. The third-order valence-corrected chi connectivity index (χ3v) is 2.97. The van der Waals surface area contributed by atoms with Crippen molar-refractivity contribution in [3.05, 3.63) is 35.6 Å². The van der Waals surface area contributed by atoms with Crippen molar-refractivity contribution in [3.63, 3.8) is 0 Å². The molecule has 1 amide bonds. The molecule has 0 aliphatic rings. The fourth-order valence-corrected chi connectivity index (χ4v) is 1.80. The average Bonchev–Trinajstić information content (AvgIpc) is 2.38. The summed E-state index contributed by atoms with van der Waals surface area (Å²) in [6, 6.07) is 5.73. The fraction of sp³-hybridized carbons (Fsp3) is 0.429. The van der Waals surface area contributed by atoms with Gasteiger partial charge in [-0.1, -0.05) is 31.6 Å². The second-order valence-electron chi connectivity index (χ2n) is 4.37. The van der Waals surface area contributed by atoms with Crippen molar-refractivity contribution in [3.8, 4) is 0 Å². The molecule has 0 saturated heterocycles. The van der Waals surface area contributed by atoms with Gasteiger partial charge < -0.3 is 10.6 Å². The number of nitrogens with zero attached hydrogens (tertiary/aromatic N) is 1. The van der Waals surface area contributed by atoms with Crippen LogP contribution in [0.5, 0.6) is 0 Å². The van der Waals surface area contributed by atoms with Crippen LogP contribution in [-0.4, -0.2) is 28.9 Å². The smallest absolute Gasteiger partial charge is 0.253 e. The zero-order valence-electron chi connectivity index (χ0n) is 11.1. The van der Waals surface area contributed by atoms with Crippen LogP contribution in [0.15, 0.2) is 24.3 Å². The first-order chi connectivity index (χ1) is 9.04. The molecule has 0 atom stereocenters. The number of nitrogens with two attached hydrogens (primary N) is 1. The summed E-state index contributed by atoms with van der Waals surface area (Å²) in [7, 11) is 0. The molecule has 0 fully saturated rings. The summed E-state index contributed by atoms with van der Waals surface area (Å²) in [5, 5.41) is 0. The molecule has 0 radical (unpaired) electrons. The van der Waals surface area contributed by atoms with E-state index in [4.69, 9.17) is 18.0 Å². The lowest BCUT2D eigenvalue weighted by atomic mass is 10.1. The normalized spacial score (nSPS) is 10.2. The Hall–Kier alpha value is -1.49. The van der Waals surface area contributed by atoms with Crippen molar-refractivity contribution in [2.24, 2.45) is 5.73 Å². The summed E-state index contributed by atoms with van der Waals surface area (Å²) in [4.78, 5) is 14.4. The number of hydrogen-bond donors (Lipinski definition) is 1. The standard InChI is InChI=1S/C14H19FN2OS/c1-2-3-8-17(9-7-13(16)19)14(18)11-5-4-6-12(15)10-11/h4-6,10H,2-3,7-9H2,1H3,(H2,16,19). The van der Waals surface area contributed by atoms with Gasteiger partial charge in [-0.25, -0.2) is 4.39 Å². The molecule has 3 nitrogen and oxygen atoms in total. The highest BCUT2D eigenvalue weighted by Crippen LogP contribution is 2.09. The fourth-order valence-electron chi connectivity index (χ4n) is 1.71. The van der Waals surface area contributed by atoms with Gasteiger partial charge in [-0.15, -0.1) is 0 Å². The van der Waals surface area contributed by atoms with Gasteiger partial charge in [-0.2, -0.15) is 0 Å². The van der Waals surface area contributed by atoms with Crippen LogP contribution in [0.3, 0.4) is 0 Å². The second-order valence-corrected chi connectivity index (χ2v) is 4.90. The van der Waals surface area contributed by atoms with Gasteiger partial charge >= 0.3 is 0 Å². The number of thiocarbonyl (C=S) groups is 1. The van der Waals surface area contributed by atoms with E-state index in [0.717, 1.165) is 12.8 Å². The van der Waals surface area contributed by atoms with E-state index in [9.17, 15) is 9.18 Å². The van der Waals surface area contributed by atoms with Crippen LogP contribution in [0.4, 0.5) is 4.39 Å². The lowest BCUT2D eigenvalue weighted by molar-refractivity contribution is 0.0757. The van der Waals surface area contributed by atoms with Gasteiger partial charge in [0.05, 0.1) is 4.99 Å². The quantitative estimate of drug-likeness (QED) is 0.782. The van der Waals surface area contributed by atoms with Crippen molar-refractivity contribution in [1.29, 1.82) is 0 Å². The molecular weight excluding hydrogens is 263 g/mol. The number of carbonyl (C=O) groups is 1. The monoisotopic (exact) mass is 282 g/mol. The Morgan fingerprint density at radius 3 is 2.74 bits per heavy atom. The maximum Gasteiger partial charge on any atom is 0.253 e. The molecule has 0 spiro atoms. The largest absolute Gasteiger partial charge is 0.393 e. The third-order valence-electron chi connectivity index (χ3n) is 2.77. The molecule has 5 heteroatoms. The molecule has 1 aromatic rings. The first-order valence-corrected chi connectivity index (χ1v) is 6.78. The number of carbonyl (C=O) groups excluding carboxylic acids is 1. The summed E-state index contributed by atoms with van der Waals surface area (Å²) < 4.78 is 13.1. The summed E-state index contributed by atoms with van der Waals surface area (Å²) in [6.45, 7) is 3.16. The van der Waals surface area contributed by atoms with Crippen LogP contribution >= 0.6 is 12.2 Å². The van der Waals surface area contributed by atoms with Crippen LogP contribution in [0, 0.1) is 5.82 Å². The minimum atomic E-state index is -0.407. The van der Waals surface area contributed by atoms with Gasteiger partial charge in [-0.3, -0.25) is 4.79 Å². The minimum absolute atomic E-state index is 0.177. The number of unbranched alkanes of at least 4 members (excludes halogenated alkanes) is 1. The lowest BCUT2D eigenvalue weighted by Crippen LogP contribution is -2.34. The predicted molar refractivity (Wildman–Crippen MR) is 78.6 cm³/mol. The predicted octanol–water partition coefficient (Wildman–Crippen LogP) is 2.74. The van der Waals surface area contributed by atoms with E-state index in [0.29, 0.717) is 30.1 Å². The Labute approximate surface area is 118 Å². The van der Waals surface area contributed by atoms with Gasteiger partial charge in [0.1, 0.15) is 5.82 Å². The number of hydrogen-bond acceptors (Lipinski definition) is 2. The Bertz CT molecular complexity index is 451. The SMILES string of the molecule is CCCCN(CCC(N)=S)C(=O)c1cccc(F)c1. The van der Waals surface area contributed by atoms with Gasteiger partial charge in [0, 0.05) is 25.1 Å². The van der Waals surface area contributed by atoms with Crippen LogP contribution in [0.25, 0.3) is 0 Å². The lowest BCUT2D eigenvalue weighted by Gasteiger charge is -2.22. The Morgan fingerprint density at radius 1 is 1.42 bits per heavy atom. The zero-order valence-corrected chi connectivity index (χ0v) is 11.9. The van der Waals surface area contributed by atoms with E-state index < -0.39 is 5.82 Å². The highest BCUT2D eigenvalue weighted by Gasteiger charge is 2.15. The highest BCUT2D eigenvalue weighted by atomic mass is 32.1. The molecule has 19 heavy (non-hydrogen) atoms. The maximum absolute atomic E-state index is 13.1. The zero-order chi connectivity index (χ0) is 14.3. The molecule has 1 aromatic carbocycles. The molecule has 2 N–H and O–H groups in total. The first-order valence-electron chi connectivity index (χ1n) is 6.37. The van der Waals surface area contributed by atoms with Crippen LogP contribution in [0.2, 0.25) is 0 Å². The van der Waals surface area contributed by atoms with Crippen molar-refractivity contribution in [2.45, 2.75) is 26.2 Å². The maximum atomic E-state index is 13.1. The Balaban J connectivity index is 2.77. The van der Waals surface area contributed by atoms with Gasteiger partial charge in [0.2, 0.25) is 0 Å². The van der Waals surface area contributed by atoms with E-state index in [1.165, 1.54) is 18.2 Å². The van der Waals surface area contributed by atoms with Gasteiger partial charge in [-0.05, 0) is 24.6 Å². The number of benzene rings is 1. The van der Waals surface area contributed by atoms with Crippen LogP contribution in [0.1, 0.15) is 36.5 Å². The van der Waals surface area contributed by atoms with Gasteiger partial charge in [0.15, 0.2) is 0 Å². The van der Waals surface area contributed by atoms with E-state index in [1.54, 1.807) is 11.0 Å². The molecule has 1 rings (SSSR count). The van der Waals surface area contributed by atoms with Crippen LogP contribution in [-0.2, 0) is 0 Å². The van der Waals surface area contributed by atoms with Gasteiger partial charge in [0.25, 0.3) is 5.91 Å². The third kappa shape index (κ3) is 5.34. The second kappa shape index (κ2) is 7.84. The summed E-state index contributed by atoms with van der Waals surface area (Å²) in [6.07, 6.45) is 2.37. The average molecular weight is 282 g/mol. The number of rotatable bonds is 7. The van der Waals surface area contributed by atoms with Crippen LogP contribution < -0.4 is 5.73 Å². The van der Waals surface area contributed by atoms with Crippen molar-refractivity contribution in [2.75, 3.05) is 13.1 Å². The highest BCUT2D eigenvalue weighted by molar-refractivity contribution is 7.80. The van der Waals surface area contributed by atoms with Crippen molar-refractivity contribution in [1.82, 2.24) is 4.90 Å². The van der Waals surface area contributed by atoms with E-state index >= 15 is 0 Å². The van der Waals surface area contributed by atoms with E-state index in [2.05, 4.69) is 6.92 Å². The topological polar surface area (TPSA) is 46.3 Å². The molecule has 0 bridgehead atoms. The summed E-state index contributed by atoms with van der Waals surface area (Å²) in [5.74, 6) is -0.583.